The smallest absolute Gasteiger partial charge is 0.251 e. The highest BCUT2D eigenvalue weighted by Crippen LogP contribution is 2.36. The molecule has 3 N–H and O–H groups in total. The second-order valence-corrected chi connectivity index (χ2v) is 11.7. The van der Waals surface area contributed by atoms with Gasteiger partial charge in [0.1, 0.15) is 23.7 Å². The van der Waals surface area contributed by atoms with Crippen molar-refractivity contribution in [2.24, 2.45) is 0 Å². The summed E-state index contributed by atoms with van der Waals surface area (Å²) in [5, 5.41) is 14.4. The lowest BCUT2D eigenvalue weighted by atomic mass is 9.92. The summed E-state index contributed by atoms with van der Waals surface area (Å²) in [4.78, 5) is 28.5. The van der Waals surface area contributed by atoms with Crippen molar-refractivity contribution in [1.29, 1.82) is 0 Å². The Hall–Kier alpha value is -4.57. The van der Waals surface area contributed by atoms with Crippen molar-refractivity contribution in [2.75, 3.05) is 18.0 Å². The van der Waals surface area contributed by atoms with Crippen molar-refractivity contribution >= 4 is 22.6 Å². The van der Waals surface area contributed by atoms with Gasteiger partial charge in [0.2, 0.25) is 5.89 Å². The molecule has 10 heteroatoms. The van der Waals surface area contributed by atoms with Crippen LogP contribution in [0, 0.1) is 11.6 Å². The molecule has 45 heavy (non-hydrogen) atoms. The summed E-state index contributed by atoms with van der Waals surface area (Å²) < 4.78 is 33.9. The van der Waals surface area contributed by atoms with Gasteiger partial charge in [0.15, 0.2) is 0 Å². The van der Waals surface area contributed by atoms with E-state index in [1.807, 2.05) is 30.3 Å². The zero-order chi connectivity index (χ0) is 31.3. The van der Waals surface area contributed by atoms with E-state index in [1.54, 1.807) is 12.3 Å². The Morgan fingerprint density at radius 1 is 1.16 bits per heavy atom. The number of hydrogen-bond donors (Lipinski definition) is 3. The molecule has 3 heterocycles. The Labute approximate surface area is 260 Å². The van der Waals surface area contributed by atoms with Crippen LogP contribution in [0.3, 0.4) is 0 Å². The number of rotatable bonds is 12. The summed E-state index contributed by atoms with van der Waals surface area (Å²) in [5.41, 5.74) is 5.27. The van der Waals surface area contributed by atoms with Gasteiger partial charge in [-0.25, -0.2) is 18.7 Å². The van der Waals surface area contributed by atoms with E-state index in [0.717, 1.165) is 72.7 Å². The number of fused-ring (bicyclic) bond motifs is 2. The van der Waals surface area contributed by atoms with Crippen LogP contribution in [0.2, 0.25) is 0 Å². The van der Waals surface area contributed by atoms with Gasteiger partial charge >= 0.3 is 0 Å². The highest BCUT2D eigenvalue weighted by molar-refractivity contribution is 5.97. The fourth-order valence-corrected chi connectivity index (χ4v) is 6.16. The molecular weight excluding hydrogens is 576 g/mol. The van der Waals surface area contributed by atoms with Gasteiger partial charge in [-0.2, -0.15) is 0 Å². The van der Waals surface area contributed by atoms with Crippen LogP contribution in [-0.2, 0) is 19.3 Å². The number of para-hydroxylation sites is 2. The number of aromatic amines is 1. The van der Waals surface area contributed by atoms with E-state index >= 15 is 0 Å². The summed E-state index contributed by atoms with van der Waals surface area (Å²) >= 11 is 0. The van der Waals surface area contributed by atoms with Crippen LogP contribution < -0.4 is 10.2 Å². The van der Waals surface area contributed by atoms with E-state index in [-0.39, 0.29) is 12.8 Å². The second kappa shape index (κ2) is 13.6. The maximum absolute atomic E-state index is 14.1. The van der Waals surface area contributed by atoms with Crippen molar-refractivity contribution in [2.45, 2.75) is 64.0 Å². The molecule has 0 spiro atoms. The molecular formula is C35H37F2N5O3. The number of aliphatic hydroxyl groups excluding tert-OH is 1. The molecule has 2 atom stereocenters. The lowest BCUT2D eigenvalue weighted by molar-refractivity contribution is 0.0814. The molecule has 0 radical (unpaired) electrons. The van der Waals surface area contributed by atoms with Crippen LogP contribution in [0.25, 0.3) is 22.5 Å². The lowest BCUT2D eigenvalue weighted by Gasteiger charge is -2.33. The van der Waals surface area contributed by atoms with Gasteiger partial charge in [0.05, 0.1) is 29.4 Å². The molecule has 0 bridgehead atoms. The Morgan fingerprint density at radius 2 is 1.98 bits per heavy atom. The summed E-state index contributed by atoms with van der Waals surface area (Å²) in [5.74, 6) is -0.699. The number of unbranched alkanes of at least 4 members (excludes halogenated alkanes) is 1. The molecule has 6 rings (SSSR count). The van der Waals surface area contributed by atoms with Crippen molar-refractivity contribution < 1.29 is 23.1 Å². The number of nitrogens with zero attached hydrogens (tertiary/aromatic N) is 3. The van der Waals surface area contributed by atoms with Crippen molar-refractivity contribution in [3.8, 4) is 11.5 Å². The Bertz CT molecular complexity index is 1720. The van der Waals surface area contributed by atoms with Gasteiger partial charge in [0, 0.05) is 42.4 Å². The molecule has 0 aliphatic carbocycles. The van der Waals surface area contributed by atoms with E-state index in [2.05, 4.69) is 32.1 Å². The molecule has 0 saturated heterocycles. The minimum absolute atomic E-state index is 0.0296. The largest absolute Gasteiger partial charge is 0.445 e. The minimum atomic E-state index is -1.03. The first-order valence-corrected chi connectivity index (χ1v) is 15.6. The second-order valence-electron chi connectivity index (χ2n) is 11.7. The number of amides is 1. The van der Waals surface area contributed by atoms with Crippen LogP contribution >= 0.6 is 0 Å². The average Bonchev–Trinajstić information content (AvgIpc) is 3.71. The highest BCUT2D eigenvalue weighted by Gasteiger charge is 2.27. The van der Waals surface area contributed by atoms with Gasteiger partial charge in [-0.05, 0) is 79.6 Å². The van der Waals surface area contributed by atoms with Crippen LogP contribution in [-0.4, -0.2) is 51.2 Å². The summed E-state index contributed by atoms with van der Waals surface area (Å²) in [6.07, 6.45) is 6.67. The molecule has 234 valence electrons. The number of halogens is 2. The number of benzene rings is 3. The SMILES string of the molecule is CCCCN1CCCc2c(-c3ncco3)cc(C(=O)NC(Cc3cc(F)cc(F)c3)C(O)CCc3nc4ccccc4[nH]3)cc21. The zero-order valence-electron chi connectivity index (χ0n) is 25.2. The number of carbonyl (C=O) groups excluding carboxylic acids is 1. The van der Waals surface area contributed by atoms with Crippen LogP contribution in [0.5, 0.6) is 0 Å². The number of hydrogen-bond acceptors (Lipinski definition) is 6. The number of anilines is 1. The number of nitrogens with one attached hydrogen (secondary N) is 2. The highest BCUT2D eigenvalue weighted by atomic mass is 19.1. The molecule has 1 aliphatic heterocycles. The first kappa shape index (κ1) is 30.5. The monoisotopic (exact) mass is 613 g/mol. The quantitative estimate of drug-likeness (QED) is 0.151. The van der Waals surface area contributed by atoms with Gasteiger partial charge in [0.25, 0.3) is 5.91 Å². The molecule has 1 amide bonds. The summed E-state index contributed by atoms with van der Waals surface area (Å²) in [6, 6.07) is 13.7. The molecule has 0 fully saturated rings. The first-order valence-electron chi connectivity index (χ1n) is 15.6. The third-order valence-electron chi connectivity index (χ3n) is 8.40. The number of aryl methyl sites for hydroxylation is 1. The molecule has 2 unspecified atom stereocenters. The summed E-state index contributed by atoms with van der Waals surface area (Å²) in [7, 11) is 0. The minimum Gasteiger partial charge on any atom is -0.445 e. The first-order chi connectivity index (χ1) is 21.9. The van der Waals surface area contributed by atoms with Gasteiger partial charge in [-0.15, -0.1) is 0 Å². The average molecular weight is 614 g/mol. The molecule has 0 saturated carbocycles. The Kier molecular flexibility index (Phi) is 9.21. The normalized spacial score (nSPS) is 14.4. The number of oxazole rings is 1. The maximum atomic E-state index is 14.1. The molecule has 2 aromatic heterocycles. The molecule has 8 nitrogen and oxygen atoms in total. The maximum Gasteiger partial charge on any atom is 0.251 e. The number of H-pyrrole nitrogens is 1. The van der Waals surface area contributed by atoms with Crippen LogP contribution in [0.15, 0.2) is 71.5 Å². The van der Waals surface area contributed by atoms with E-state index < -0.39 is 29.7 Å². The molecule has 5 aromatic rings. The number of carbonyl (C=O) groups is 1. The topological polar surface area (TPSA) is 107 Å². The number of aromatic nitrogens is 3. The van der Waals surface area contributed by atoms with Crippen LogP contribution in [0.1, 0.15) is 59.9 Å². The Morgan fingerprint density at radius 3 is 2.73 bits per heavy atom. The summed E-state index contributed by atoms with van der Waals surface area (Å²) in [6.45, 7) is 3.91. The fourth-order valence-electron chi connectivity index (χ4n) is 6.16. The van der Waals surface area contributed by atoms with E-state index in [1.165, 1.54) is 18.4 Å². The van der Waals surface area contributed by atoms with E-state index in [9.17, 15) is 18.7 Å². The van der Waals surface area contributed by atoms with Crippen molar-refractivity contribution in [3.05, 3.63) is 101 Å². The van der Waals surface area contributed by atoms with Crippen LogP contribution in [0.4, 0.5) is 14.5 Å². The lowest BCUT2D eigenvalue weighted by Crippen LogP contribution is -2.45. The Balaban J connectivity index is 1.29. The van der Waals surface area contributed by atoms with Crippen molar-refractivity contribution in [3.63, 3.8) is 0 Å². The zero-order valence-corrected chi connectivity index (χ0v) is 25.2. The van der Waals surface area contributed by atoms with Gasteiger partial charge in [-0.3, -0.25) is 4.79 Å². The van der Waals surface area contributed by atoms with E-state index in [4.69, 9.17) is 4.42 Å². The third-order valence-corrected chi connectivity index (χ3v) is 8.40. The fraction of sp³-hybridized carbons (Fsp3) is 0.343. The predicted octanol–water partition coefficient (Wildman–Crippen LogP) is 6.38. The molecule has 3 aromatic carbocycles. The predicted molar refractivity (Wildman–Crippen MR) is 169 cm³/mol. The standard InChI is InChI=1S/C35H37F2N5O3/c1-2-3-13-42-14-6-7-26-27(35-38-12-15-45-35)19-23(20-31(26)42)34(44)41-30(18-22-16-24(36)21-25(37)17-22)32(43)10-11-33-39-28-8-4-5-9-29(28)40-33/h4-5,8-9,12,15-17,19-21,30,32,43H,2-3,6-7,10-11,13-14,18H2,1H3,(H,39,40)(H,41,44). The van der Waals surface area contributed by atoms with Gasteiger partial charge in [-0.1, -0.05) is 25.5 Å². The van der Waals surface area contributed by atoms with Crippen molar-refractivity contribution in [1.82, 2.24) is 20.3 Å². The third kappa shape index (κ3) is 7.06. The molecule has 1 aliphatic rings. The van der Waals surface area contributed by atoms with E-state index in [0.29, 0.717) is 29.3 Å². The van der Waals surface area contributed by atoms with Gasteiger partial charge < -0.3 is 24.7 Å². The number of imidazole rings is 1. The number of aliphatic hydroxyl groups is 1.